The molecule has 2 atom stereocenters. The third kappa shape index (κ3) is 4.62. The molecule has 0 aliphatic carbocycles. The van der Waals surface area contributed by atoms with Crippen LogP contribution in [0.2, 0.25) is 0 Å². The molecule has 2 aliphatic heterocycles. The Hall–Kier alpha value is -1.97. The zero-order chi connectivity index (χ0) is 21.1. The first kappa shape index (κ1) is 21.7. The van der Waals surface area contributed by atoms with E-state index in [1.807, 2.05) is 20.8 Å². The van der Waals surface area contributed by atoms with Gasteiger partial charge in [-0.05, 0) is 40.0 Å². The Morgan fingerprint density at radius 2 is 2.03 bits per heavy atom. The summed E-state index contributed by atoms with van der Waals surface area (Å²) in [5.74, 6) is -0.227. The summed E-state index contributed by atoms with van der Waals surface area (Å²) in [7, 11) is 0. The van der Waals surface area contributed by atoms with Crippen LogP contribution in [0.25, 0.3) is 0 Å². The van der Waals surface area contributed by atoms with Crippen molar-refractivity contribution in [1.29, 1.82) is 0 Å². The Morgan fingerprint density at radius 1 is 1.31 bits per heavy atom. The van der Waals surface area contributed by atoms with Crippen LogP contribution in [0.5, 0.6) is 0 Å². The number of nitrogens with zero attached hydrogens (tertiary/aromatic N) is 3. The summed E-state index contributed by atoms with van der Waals surface area (Å²) in [6.07, 6.45) is 4.19. The highest BCUT2D eigenvalue weighted by atomic mass is 16.5. The lowest BCUT2D eigenvalue weighted by molar-refractivity contribution is -0.205. The Balaban J connectivity index is 1.64. The zero-order valence-corrected chi connectivity index (χ0v) is 17.6. The first-order chi connectivity index (χ1) is 13.8. The summed E-state index contributed by atoms with van der Waals surface area (Å²) in [5, 5.41) is 21.2. The van der Waals surface area contributed by atoms with Crippen LogP contribution in [-0.2, 0) is 16.1 Å². The Kier molecular flexibility index (Phi) is 6.60. The third-order valence-corrected chi connectivity index (χ3v) is 6.17. The average molecular weight is 408 g/mol. The fourth-order valence-corrected chi connectivity index (χ4v) is 4.34. The van der Waals surface area contributed by atoms with Crippen LogP contribution in [0.3, 0.4) is 0 Å². The summed E-state index contributed by atoms with van der Waals surface area (Å²) in [5.41, 5.74) is -1.01. The van der Waals surface area contributed by atoms with Gasteiger partial charge in [0.1, 0.15) is 6.10 Å². The van der Waals surface area contributed by atoms with Crippen molar-refractivity contribution in [2.45, 2.75) is 63.8 Å². The number of carbonyl (C=O) groups is 2. The number of hydrogen-bond donors (Lipinski definition) is 3. The van der Waals surface area contributed by atoms with E-state index < -0.39 is 17.2 Å². The molecule has 9 nitrogen and oxygen atoms in total. The molecular formula is C20H33N5O4. The number of amides is 2. The van der Waals surface area contributed by atoms with Crippen LogP contribution < -0.4 is 10.6 Å². The molecule has 0 aromatic carbocycles. The lowest BCUT2D eigenvalue weighted by Crippen LogP contribution is -2.69. The normalized spacial score (nSPS) is 27.0. The highest BCUT2D eigenvalue weighted by molar-refractivity contribution is 5.94. The van der Waals surface area contributed by atoms with Crippen molar-refractivity contribution in [1.82, 2.24) is 25.3 Å². The number of aliphatic hydroxyl groups excluding tert-OH is 1. The number of nitrogens with one attached hydrogen (secondary N) is 2. The molecular weight excluding hydrogens is 374 g/mol. The standard InChI is InChI=1S/C20H33N5O4/c1-4-21-16(26)14-24-9-6-20(7-10-24)18(28)19(3,8-11-29-20)23-17(27)15-12-22-25(5-2)13-15/h12-13,18,28H,4-11,14H2,1-3H3,(H,21,26)(H,23,27)/t18-,19+/m1/s1. The van der Waals surface area contributed by atoms with Gasteiger partial charge in [0, 0.05) is 39.0 Å². The van der Waals surface area contributed by atoms with Gasteiger partial charge in [0.15, 0.2) is 0 Å². The van der Waals surface area contributed by atoms with Gasteiger partial charge in [-0.15, -0.1) is 0 Å². The number of aryl methyl sites for hydroxylation is 1. The van der Waals surface area contributed by atoms with E-state index in [1.165, 1.54) is 0 Å². The molecule has 2 amide bonds. The van der Waals surface area contributed by atoms with Gasteiger partial charge >= 0.3 is 0 Å². The molecule has 0 saturated carbocycles. The summed E-state index contributed by atoms with van der Waals surface area (Å²) < 4.78 is 7.78. The first-order valence-electron chi connectivity index (χ1n) is 10.5. The molecule has 1 aromatic rings. The van der Waals surface area contributed by atoms with Gasteiger partial charge in [0.05, 0.1) is 29.4 Å². The van der Waals surface area contributed by atoms with Gasteiger partial charge in [-0.3, -0.25) is 19.2 Å². The molecule has 1 spiro atoms. The summed E-state index contributed by atoms with van der Waals surface area (Å²) >= 11 is 0. The maximum absolute atomic E-state index is 12.7. The number of piperidine rings is 1. The predicted octanol–water partition coefficient (Wildman–Crippen LogP) is 0.143. The van der Waals surface area contributed by atoms with Crippen molar-refractivity contribution in [3.05, 3.63) is 18.0 Å². The van der Waals surface area contributed by atoms with E-state index in [-0.39, 0.29) is 11.8 Å². The smallest absolute Gasteiger partial charge is 0.254 e. The minimum Gasteiger partial charge on any atom is -0.388 e. The maximum atomic E-state index is 12.7. The Labute approximate surface area is 171 Å². The summed E-state index contributed by atoms with van der Waals surface area (Å²) in [6, 6.07) is 0. The maximum Gasteiger partial charge on any atom is 0.254 e. The molecule has 0 bridgehead atoms. The van der Waals surface area contributed by atoms with E-state index in [0.29, 0.717) is 64.2 Å². The molecule has 3 N–H and O–H groups in total. The third-order valence-electron chi connectivity index (χ3n) is 6.17. The molecule has 3 heterocycles. The van der Waals surface area contributed by atoms with Gasteiger partial charge < -0.3 is 20.5 Å². The monoisotopic (exact) mass is 407 g/mol. The fraction of sp³-hybridized carbons (Fsp3) is 0.750. The SMILES string of the molecule is CCNC(=O)CN1CCC2(CC1)OCC[C@](C)(NC(=O)c1cnn(CC)c1)[C@H]2O. The summed E-state index contributed by atoms with van der Waals surface area (Å²) in [6.45, 7) is 9.21. The molecule has 9 heteroatoms. The first-order valence-corrected chi connectivity index (χ1v) is 10.5. The van der Waals surface area contributed by atoms with Crippen LogP contribution >= 0.6 is 0 Å². The molecule has 2 aliphatic rings. The van der Waals surface area contributed by atoms with Crippen LogP contribution in [0.15, 0.2) is 12.4 Å². The molecule has 0 radical (unpaired) electrons. The van der Waals surface area contributed by atoms with Crippen LogP contribution in [0.4, 0.5) is 0 Å². The van der Waals surface area contributed by atoms with Crippen molar-refractivity contribution in [2.75, 3.05) is 32.8 Å². The van der Waals surface area contributed by atoms with Gasteiger partial charge in [-0.2, -0.15) is 5.10 Å². The number of aromatic nitrogens is 2. The molecule has 162 valence electrons. The van der Waals surface area contributed by atoms with E-state index in [0.717, 1.165) is 0 Å². The van der Waals surface area contributed by atoms with Crippen molar-refractivity contribution >= 4 is 11.8 Å². The Bertz CT molecular complexity index is 728. The zero-order valence-electron chi connectivity index (χ0n) is 17.6. The predicted molar refractivity (Wildman–Crippen MR) is 107 cm³/mol. The van der Waals surface area contributed by atoms with Crippen LogP contribution in [0.1, 0.15) is 50.4 Å². The second kappa shape index (κ2) is 8.81. The van der Waals surface area contributed by atoms with Crippen molar-refractivity contribution in [3.63, 3.8) is 0 Å². The Morgan fingerprint density at radius 3 is 2.66 bits per heavy atom. The average Bonchev–Trinajstić information content (AvgIpc) is 3.18. The number of likely N-dealkylation sites (N-methyl/N-ethyl adjacent to an activating group) is 1. The molecule has 29 heavy (non-hydrogen) atoms. The minimum absolute atomic E-state index is 0.0123. The van der Waals surface area contributed by atoms with Crippen molar-refractivity contribution in [3.8, 4) is 0 Å². The highest BCUT2D eigenvalue weighted by Gasteiger charge is 2.53. The lowest BCUT2D eigenvalue weighted by atomic mass is 9.73. The number of hydrogen-bond acceptors (Lipinski definition) is 6. The van der Waals surface area contributed by atoms with Crippen LogP contribution in [0, 0.1) is 0 Å². The minimum atomic E-state index is -0.833. The number of rotatable bonds is 6. The molecule has 2 fully saturated rings. The van der Waals surface area contributed by atoms with Crippen LogP contribution in [-0.4, -0.2) is 81.6 Å². The second-order valence-electron chi connectivity index (χ2n) is 8.25. The van der Waals surface area contributed by atoms with E-state index >= 15 is 0 Å². The van der Waals surface area contributed by atoms with Gasteiger partial charge in [0.25, 0.3) is 5.91 Å². The number of carbonyl (C=O) groups excluding carboxylic acids is 2. The van der Waals surface area contributed by atoms with E-state index in [4.69, 9.17) is 4.74 Å². The fourth-order valence-electron chi connectivity index (χ4n) is 4.34. The molecule has 3 rings (SSSR count). The largest absolute Gasteiger partial charge is 0.388 e. The van der Waals surface area contributed by atoms with E-state index in [2.05, 4.69) is 20.6 Å². The van der Waals surface area contributed by atoms with Gasteiger partial charge in [-0.25, -0.2) is 0 Å². The topological polar surface area (TPSA) is 109 Å². The molecule has 1 aromatic heterocycles. The number of likely N-dealkylation sites (tertiary alicyclic amines) is 1. The summed E-state index contributed by atoms with van der Waals surface area (Å²) in [4.78, 5) is 26.6. The van der Waals surface area contributed by atoms with E-state index in [9.17, 15) is 14.7 Å². The molecule has 0 unspecified atom stereocenters. The quantitative estimate of drug-likeness (QED) is 0.619. The van der Waals surface area contributed by atoms with Gasteiger partial charge in [0.2, 0.25) is 5.91 Å². The highest BCUT2D eigenvalue weighted by Crippen LogP contribution is 2.40. The van der Waals surface area contributed by atoms with Gasteiger partial charge in [-0.1, -0.05) is 0 Å². The molecule has 2 saturated heterocycles. The lowest BCUT2D eigenvalue weighted by Gasteiger charge is -2.53. The van der Waals surface area contributed by atoms with Crippen molar-refractivity contribution < 1.29 is 19.4 Å². The van der Waals surface area contributed by atoms with E-state index in [1.54, 1.807) is 17.1 Å². The second-order valence-corrected chi connectivity index (χ2v) is 8.25. The number of ether oxygens (including phenoxy) is 1. The van der Waals surface area contributed by atoms with Crippen molar-refractivity contribution in [2.24, 2.45) is 0 Å². The number of aliphatic hydroxyl groups is 1.